The van der Waals surface area contributed by atoms with Gasteiger partial charge in [0.1, 0.15) is 12.4 Å². The van der Waals surface area contributed by atoms with Crippen molar-refractivity contribution in [2.75, 3.05) is 26.2 Å². The molecule has 0 aliphatic rings. The summed E-state index contributed by atoms with van der Waals surface area (Å²) in [4.78, 5) is 11.3. The Bertz CT molecular complexity index is 412. The van der Waals surface area contributed by atoms with Crippen molar-refractivity contribution in [1.29, 1.82) is 0 Å². The van der Waals surface area contributed by atoms with Crippen LogP contribution < -0.4 is 16.4 Å². The van der Waals surface area contributed by atoms with Crippen LogP contribution in [0.1, 0.15) is 31.4 Å². The van der Waals surface area contributed by atoms with Gasteiger partial charge in [0.15, 0.2) is 0 Å². The van der Waals surface area contributed by atoms with Crippen LogP contribution in [0.5, 0.6) is 0 Å². The molecule has 0 fully saturated rings. The van der Waals surface area contributed by atoms with Crippen molar-refractivity contribution < 1.29 is 13.9 Å². The molecule has 0 aromatic heterocycles. The maximum Gasteiger partial charge on any atom is 0.407 e. The molecule has 0 heterocycles. The van der Waals surface area contributed by atoms with Crippen LogP contribution in [0.15, 0.2) is 24.3 Å². The lowest BCUT2D eigenvalue weighted by molar-refractivity contribution is 0.145. The molecule has 1 aromatic carbocycles. The summed E-state index contributed by atoms with van der Waals surface area (Å²) in [5, 5.41) is 5.84. The molecule has 0 bridgehead atoms. The van der Waals surface area contributed by atoms with Gasteiger partial charge in [-0.2, -0.15) is 0 Å². The van der Waals surface area contributed by atoms with Gasteiger partial charge in [-0.1, -0.05) is 25.5 Å². The molecule has 4 N–H and O–H groups in total. The summed E-state index contributed by atoms with van der Waals surface area (Å²) < 4.78 is 17.9. The maximum absolute atomic E-state index is 12.9. The number of carbonyl (C=O) groups is 1. The Kier molecular flexibility index (Phi) is 8.38. The van der Waals surface area contributed by atoms with Crippen LogP contribution in [0.2, 0.25) is 0 Å². The van der Waals surface area contributed by atoms with E-state index in [9.17, 15) is 9.18 Å². The molecule has 0 aliphatic carbocycles. The number of nitrogens with one attached hydrogen (secondary N) is 2. The lowest BCUT2D eigenvalue weighted by atomic mass is 10.1. The summed E-state index contributed by atoms with van der Waals surface area (Å²) in [6, 6.07) is 6.10. The highest BCUT2D eigenvalue weighted by atomic mass is 19.1. The molecule has 0 aliphatic heterocycles. The van der Waals surface area contributed by atoms with Gasteiger partial charge in [-0.25, -0.2) is 9.18 Å². The highest BCUT2D eigenvalue weighted by Crippen LogP contribution is 2.11. The summed E-state index contributed by atoms with van der Waals surface area (Å²) in [6.07, 6.45) is 1.56. The van der Waals surface area contributed by atoms with Crippen LogP contribution in [0.25, 0.3) is 0 Å². The van der Waals surface area contributed by atoms with Crippen molar-refractivity contribution in [3.63, 3.8) is 0 Å². The van der Waals surface area contributed by atoms with Crippen LogP contribution in [0, 0.1) is 5.82 Å². The van der Waals surface area contributed by atoms with Gasteiger partial charge in [-0.05, 0) is 24.1 Å². The predicted molar refractivity (Wildman–Crippen MR) is 80.5 cm³/mol. The van der Waals surface area contributed by atoms with Crippen molar-refractivity contribution >= 4 is 6.09 Å². The summed E-state index contributed by atoms with van der Waals surface area (Å²) >= 11 is 0. The lowest BCUT2D eigenvalue weighted by Gasteiger charge is -2.17. The Hall–Kier alpha value is -1.66. The van der Waals surface area contributed by atoms with Crippen LogP contribution in [0.3, 0.4) is 0 Å². The van der Waals surface area contributed by atoms with Gasteiger partial charge in [0.2, 0.25) is 0 Å². The second-order valence-electron chi connectivity index (χ2n) is 4.71. The van der Waals surface area contributed by atoms with Crippen molar-refractivity contribution in [3.8, 4) is 0 Å². The third-order valence-electron chi connectivity index (χ3n) is 3.03. The summed E-state index contributed by atoms with van der Waals surface area (Å²) in [6.45, 7) is 3.81. The van der Waals surface area contributed by atoms with Crippen LogP contribution >= 0.6 is 0 Å². The average molecular weight is 297 g/mol. The SMILES string of the molecule is CCCCNC(=O)OCCNC(CN)c1ccc(F)cc1. The minimum absolute atomic E-state index is 0.0858. The number of alkyl carbamates (subject to hydrolysis) is 1. The Morgan fingerprint density at radius 1 is 1.33 bits per heavy atom. The van der Waals surface area contributed by atoms with E-state index in [4.69, 9.17) is 10.5 Å². The molecule has 1 aromatic rings. The number of ether oxygens (including phenoxy) is 1. The standard InChI is InChI=1S/C15H24FN3O2/c1-2-3-8-19-15(20)21-10-9-18-14(11-17)12-4-6-13(16)7-5-12/h4-7,14,18H,2-3,8-11,17H2,1H3,(H,19,20). The summed E-state index contributed by atoms with van der Waals surface area (Å²) in [5.41, 5.74) is 6.60. The molecule has 0 saturated heterocycles. The van der Waals surface area contributed by atoms with Crippen molar-refractivity contribution in [2.45, 2.75) is 25.8 Å². The van der Waals surface area contributed by atoms with E-state index in [2.05, 4.69) is 17.6 Å². The molecule has 0 saturated carbocycles. The first-order chi connectivity index (χ1) is 10.2. The normalized spacial score (nSPS) is 12.0. The minimum atomic E-state index is -0.406. The smallest absolute Gasteiger partial charge is 0.407 e. The van der Waals surface area contributed by atoms with Crippen molar-refractivity contribution in [3.05, 3.63) is 35.6 Å². The Labute approximate surface area is 125 Å². The molecule has 1 atom stereocenters. The molecular weight excluding hydrogens is 273 g/mol. The van der Waals surface area contributed by atoms with Crippen molar-refractivity contribution in [1.82, 2.24) is 10.6 Å². The molecule has 0 radical (unpaired) electrons. The fourth-order valence-electron chi connectivity index (χ4n) is 1.83. The number of hydrogen-bond acceptors (Lipinski definition) is 4. The van der Waals surface area contributed by atoms with Gasteiger partial charge >= 0.3 is 6.09 Å². The van der Waals surface area contributed by atoms with Crippen LogP contribution in [-0.2, 0) is 4.74 Å². The summed E-state index contributed by atoms with van der Waals surface area (Å²) in [5.74, 6) is -0.276. The zero-order valence-corrected chi connectivity index (χ0v) is 12.4. The fourth-order valence-corrected chi connectivity index (χ4v) is 1.83. The highest BCUT2D eigenvalue weighted by molar-refractivity contribution is 5.66. The zero-order chi connectivity index (χ0) is 15.5. The van der Waals surface area contributed by atoms with Gasteiger partial charge < -0.3 is 21.1 Å². The molecular formula is C15H24FN3O2. The Balaban J connectivity index is 2.23. The topological polar surface area (TPSA) is 76.4 Å². The highest BCUT2D eigenvalue weighted by Gasteiger charge is 2.09. The number of benzene rings is 1. The second kappa shape index (κ2) is 10.1. The van der Waals surface area contributed by atoms with E-state index < -0.39 is 6.09 Å². The molecule has 5 nitrogen and oxygen atoms in total. The first kappa shape index (κ1) is 17.4. The largest absolute Gasteiger partial charge is 0.448 e. The number of rotatable bonds is 9. The third-order valence-corrected chi connectivity index (χ3v) is 3.03. The number of unbranched alkanes of at least 4 members (excludes halogenated alkanes) is 1. The number of amides is 1. The minimum Gasteiger partial charge on any atom is -0.448 e. The molecule has 0 spiro atoms. The van der Waals surface area contributed by atoms with E-state index in [-0.39, 0.29) is 18.5 Å². The molecule has 21 heavy (non-hydrogen) atoms. The van der Waals surface area contributed by atoms with Crippen LogP contribution in [-0.4, -0.2) is 32.3 Å². The second-order valence-corrected chi connectivity index (χ2v) is 4.71. The number of hydrogen-bond donors (Lipinski definition) is 3. The molecule has 1 amide bonds. The fraction of sp³-hybridized carbons (Fsp3) is 0.533. The maximum atomic E-state index is 12.9. The number of nitrogens with two attached hydrogens (primary N) is 1. The lowest BCUT2D eigenvalue weighted by Crippen LogP contribution is -2.33. The predicted octanol–water partition coefficient (Wildman–Crippen LogP) is 1.94. The van der Waals surface area contributed by atoms with E-state index in [1.54, 1.807) is 12.1 Å². The summed E-state index contributed by atoms with van der Waals surface area (Å²) in [7, 11) is 0. The average Bonchev–Trinajstić information content (AvgIpc) is 2.49. The first-order valence-electron chi connectivity index (χ1n) is 7.27. The number of halogens is 1. The van der Waals surface area contributed by atoms with Gasteiger partial charge in [0.05, 0.1) is 0 Å². The molecule has 1 rings (SSSR count). The van der Waals surface area contributed by atoms with E-state index in [0.29, 0.717) is 19.6 Å². The number of carbonyl (C=O) groups excluding carboxylic acids is 1. The Morgan fingerprint density at radius 3 is 2.67 bits per heavy atom. The van der Waals surface area contributed by atoms with Gasteiger partial charge in [0.25, 0.3) is 0 Å². The van der Waals surface area contributed by atoms with E-state index in [1.165, 1.54) is 12.1 Å². The van der Waals surface area contributed by atoms with Gasteiger partial charge in [0, 0.05) is 25.7 Å². The molecule has 6 heteroatoms. The van der Waals surface area contributed by atoms with Crippen LogP contribution in [0.4, 0.5) is 9.18 Å². The van der Waals surface area contributed by atoms with E-state index in [0.717, 1.165) is 18.4 Å². The molecule has 1 unspecified atom stereocenters. The van der Waals surface area contributed by atoms with Crippen molar-refractivity contribution in [2.24, 2.45) is 5.73 Å². The third kappa shape index (κ3) is 7.06. The Morgan fingerprint density at radius 2 is 2.05 bits per heavy atom. The van der Waals surface area contributed by atoms with E-state index in [1.807, 2.05) is 0 Å². The van der Waals surface area contributed by atoms with Gasteiger partial charge in [-0.3, -0.25) is 0 Å². The quantitative estimate of drug-likeness (QED) is 0.609. The van der Waals surface area contributed by atoms with Gasteiger partial charge in [-0.15, -0.1) is 0 Å². The van der Waals surface area contributed by atoms with E-state index >= 15 is 0 Å². The first-order valence-corrected chi connectivity index (χ1v) is 7.27. The monoisotopic (exact) mass is 297 g/mol. The molecule has 118 valence electrons. The zero-order valence-electron chi connectivity index (χ0n) is 12.4.